The van der Waals surface area contributed by atoms with Crippen LogP contribution in [0.5, 0.6) is 0 Å². The number of carbonyl (C=O) groups excluding carboxylic acids is 1. The molecule has 4 fully saturated rings. The van der Waals surface area contributed by atoms with Crippen molar-refractivity contribution in [2.45, 2.75) is 44.2 Å². The molecule has 8 heteroatoms. The number of carbonyl (C=O) groups is 1. The van der Waals surface area contributed by atoms with Gasteiger partial charge >= 0.3 is 0 Å². The molecule has 7 nitrogen and oxygen atoms in total. The van der Waals surface area contributed by atoms with Gasteiger partial charge in [0.15, 0.2) is 0 Å². The molecule has 0 unspecified atom stereocenters. The van der Waals surface area contributed by atoms with Gasteiger partial charge in [0.2, 0.25) is 5.91 Å². The van der Waals surface area contributed by atoms with Crippen molar-refractivity contribution < 1.29 is 14.6 Å². The Hall–Kier alpha value is -1.93. The van der Waals surface area contributed by atoms with E-state index < -0.39 is 6.10 Å². The van der Waals surface area contributed by atoms with Crippen molar-refractivity contribution in [2.75, 3.05) is 49.6 Å². The Morgan fingerprint density at radius 3 is 2.61 bits per heavy atom. The number of aliphatic hydroxyl groups excluding tert-OH is 1. The fourth-order valence-corrected chi connectivity index (χ4v) is 6.15. The van der Waals surface area contributed by atoms with Gasteiger partial charge in [-0.1, -0.05) is 11.6 Å². The first-order valence-electron chi connectivity index (χ1n) is 12.0. The van der Waals surface area contributed by atoms with Crippen molar-refractivity contribution in [3.05, 3.63) is 29.4 Å². The summed E-state index contributed by atoms with van der Waals surface area (Å²) in [6.07, 6.45) is 5.96. The third-order valence-electron chi connectivity index (χ3n) is 8.46. The average molecular weight is 471 g/mol. The van der Waals surface area contributed by atoms with Crippen LogP contribution < -0.4 is 10.2 Å². The van der Waals surface area contributed by atoms with Crippen LogP contribution in [0.1, 0.15) is 32.6 Å². The second-order valence-corrected chi connectivity index (χ2v) is 11.1. The van der Waals surface area contributed by atoms with Gasteiger partial charge in [-0.05, 0) is 61.6 Å². The van der Waals surface area contributed by atoms with Gasteiger partial charge in [-0.3, -0.25) is 9.69 Å². The van der Waals surface area contributed by atoms with E-state index >= 15 is 0 Å². The van der Waals surface area contributed by atoms with Crippen LogP contribution in [-0.4, -0.2) is 71.9 Å². The van der Waals surface area contributed by atoms with Crippen LogP contribution in [0, 0.1) is 11.3 Å². The maximum Gasteiger partial charge on any atom is 0.228 e. The third-order valence-corrected chi connectivity index (χ3v) is 8.76. The van der Waals surface area contributed by atoms with Crippen molar-refractivity contribution in [1.29, 1.82) is 0 Å². The molecule has 33 heavy (non-hydrogen) atoms. The summed E-state index contributed by atoms with van der Waals surface area (Å²) < 4.78 is 5.52. The molecule has 2 aliphatic carbocycles. The van der Waals surface area contributed by atoms with E-state index in [1.54, 1.807) is 6.20 Å². The van der Waals surface area contributed by atoms with E-state index in [1.807, 2.05) is 12.1 Å². The summed E-state index contributed by atoms with van der Waals surface area (Å²) in [6, 6.07) is 6.00. The zero-order valence-corrected chi connectivity index (χ0v) is 19.8. The number of hydrogen-bond acceptors (Lipinski definition) is 6. The first-order valence-corrected chi connectivity index (χ1v) is 12.4. The van der Waals surface area contributed by atoms with E-state index in [9.17, 15) is 9.90 Å². The van der Waals surface area contributed by atoms with Crippen molar-refractivity contribution in [2.24, 2.45) is 11.3 Å². The molecule has 1 aromatic carbocycles. The summed E-state index contributed by atoms with van der Waals surface area (Å²) in [6.45, 7) is 6.38. The standard InChI is InChI=1S/C25H31ClN4O3/c1-24(15-33-14-21(24)31)30-6-4-29(5-7-30)20-9-16-10-22(27-13-17(16)8-19(20)26)28-23(32)18-11-25(12-18)2-3-25/h8-10,13,18,21,31H,2-7,11-12,14-15H2,1H3,(H,27,28,32)/t21-,24+/m1/s1. The van der Waals surface area contributed by atoms with Gasteiger partial charge < -0.3 is 20.1 Å². The number of pyridine rings is 1. The minimum Gasteiger partial charge on any atom is -0.389 e. The molecule has 2 aliphatic heterocycles. The van der Waals surface area contributed by atoms with Gasteiger partial charge in [-0.15, -0.1) is 0 Å². The first-order chi connectivity index (χ1) is 15.9. The number of halogens is 1. The molecule has 2 aromatic rings. The lowest BCUT2D eigenvalue weighted by atomic mass is 9.71. The lowest BCUT2D eigenvalue weighted by Gasteiger charge is -2.45. The number of anilines is 2. The molecule has 0 radical (unpaired) electrons. The van der Waals surface area contributed by atoms with Crippen LogP contribution in [-0.2, 0) is 9.53 Å². The SMILES string of the molecule is C[C@]1(N2CCN(c3cc4cc(NC(=O)C5CC6(CC6)C5)ncc4cc3Cl)CC2)COC[C@H]1O. The minimum absolute atomic E-state index is 0.0938. The largest absolute Gasteiger partial charge is 0.389 e. The predicted molar refractivity (Wildman–Crippen MR) is 129 cm³/mol. The van der Waals surface area contributed by atoms with Gasteiger partial charge in [-0.2, -0.15) is 0 Å². The maximum atomic E-state index is 12.6. The van der Waals surface area contributed by atoms with Crippen molar-refractivity contribution in [3.63, 3.8) is 0 Å². The number of piperazine rings is 1. The third kappa shape index (κ3) is 3.79. The van der Waals surface area contributed by atoms with Crippen LogP contribution in [0.3, 0.4) is 0 Å². The lowest BCUT2D eigenvalue weighted by Crippen LogP contribution is -2.60. The fraction of sp³-hybridized carbons (Fsp3) is 0.600. The minimum atomic E-state index is -0.454. The molecule has 2 atom stereocenters. The Labute approximate surface area is 199 Å². The molecule has 1 amide bonds. The Kier molecular flexibility index (Phi) is 5.11. The highest BCUT2D eigenvalue weighted by atomic mass is 35.5. The molecule has 2 N–H and O–H groups in total. The van der Waals surface area contributed by atoms with E-state index in [0.29, 0.717) is 29.5 Å². The van der Waals surface area contributed by atoms with Crippen LogP contribution in [0.4, 0.5) is 11.5 Å². The highest BCUT2D eigenvalue weighted by molar-refractivity contribution is 6.34. The van der Waals surface area contributed by atoms with Gasteiger partial charge in [0, 0.05) is 43.7 Å². The van der Waals surface area contributed by atoms with Crippen LogP contribution in [0.15, 0.2) is 24.4 Å². The number of rotatable bonds is 4. The summed E-state index contributed by atoms with van der Waals surface area (Å²) in [7, 11) is 0. The first kappa shape index (κ1) is 21.6. The number of amides is 1. The number of ether oxygens (including phenoxy) is 1. The quantitative estimate of drug-likeness (QED) is 0.714. The number of hydrogen-bond donors (Lipinski definition) is 2. The molecule has 1 spiro atoms. The van der Waals surface area contributed by atoms with Crippen molar-refractivity contribution >= 4 is 39.8 Å². The molecule has 0 bridgehead atoms. The summed E-state index contributed by atoms with van der Waals surface area (Å²) in [5.41, 5.74) is 1.18. The zero-order valence-electron chi connectivity index (χ0n) is 19.0. The summed E-state index contributed by atoms with van der Waals surface area (Å²) >= 11 is 6.66. The van der Waals surface area contributed by atoms with Gasteiger partial charge in [0.25, 0.3) is 0 Å². The van der Waals surface area contributed by atoms with Crippen molar-refractivity contribution in [1.82, 2.24) is 9.88 Å². The Morgan fingerprint density at radius 1 is 1.18 bits per heavy atom. The Bertz CT molecular complexity index is 1090. The second-order valence-electron chi connectivity index (χ2n) is 10.7. The number of fused-ring (bicyclic) bond motifs is 1. The Balaban J connectivity index is 1.16. The number of nitrogens with zero attached hydrogens (tertiary/aromatic N) is 3. The normalized spacial score (nSPS) is 29.4. The smallest absolute Gasteiger partial charge is 0.228 e. The molecule has 4 aliphatic rings. The topological polar surface area (TPSA) is 77.9 Å². The van der Waals surface area contributed by atoms with E-state index in [-0.39, 0.29) is 17.4 Å². The van der Waals surface area contributed by atoms with Gasteiger partial charge in [0.1, 0.15) is 5.82 Å². The van der Waals surface area contributed by atoms with Gasteiger partial charge in [0.05, 0.1) is 35.6 Å². The summed E-state index contributed by atoms with van der Waals surface area (Å²) in [4.78, 5) is 21.7. The molecule has 176 valence electrons. The monoisotopic (exact) mass is 470 g/mol. The number of benzene rings is 1. The molecule has 2 saturated carbocycles. The van der Waals surface area contributed by atoms with Gasteiger partial charge in [-0.25, -0.2) is 4.98 Å². The summed E-state index contributed by atoms with van der Waals surface area (Å²) in [5, 5.41) is 16.1. The zero-order chi connectivity index (χ0) is 22.8. The molecule has 1 aromatic heterocycles. The predicted octanol–water partition coefficient (Wildman–Crippen LogP) is 3.29. The fourth-order valence-electron chi connectivity index (χ4n) is 5.86. The molecule has 2 saturated heterocycles. The van der Waals surface area contributed by atoms with Crippen molar-refractivity contribution in [3.8, 4) is 0 Å². The Morgan fingerprint density at radius 2 is 1.94 bits per heavy atom. The van der Waals surface area contributed by atoms with Crippen LogP contribution in [0.25, 0.3) is 10.8 Å². The van der Waals surface area contributed by atoms with E-state index in [2.05, 4.69) is 33.1 Å². The lowest BCUT2D eigenvalue weighted by molar-refractivity contribution is -0.124. The number of nitrogens with one attached hydrogen (secondary N) is 1. The van der Waals surface area contributed by atoms with Crippen LogP contribution in [0.2, 0.25) is 5.02 Å². The van der Waals surface area contributed by atoms with E-state index in [4.69, 9.17) is 16.3 Å². The molecular weight excluding hydrogens is 440 g/mol. The molecule has 3 heterocycles. The highest BCUT2D eigenvalue weighted by Gasteiger charge is 2.55. The molecular formula is C25H31ClN4O3. The number of aromatic nitrogens is 1. The van der Waals surface area contributed by atoms with E-state index in [1.165, 1.54) is 12.8 Å². The number of aliphatic hydroxyl groups is 1. The van der Waals surface area contributed by atoms with Crippen LogP contribution >= 0.6 is 11.6 Å². The van der Waals surface area contributed by atoms with E-state index in [0.717, 1.165) is 55.5 Å². The maximum absolute atomic E-state index is 12.6. The average Bonchev–Trinajstić information content (AvgIpc) is 3.52. The molecule has 6 rings (SSSR count). The summed E-state index contributed by atoms with van der Waals surface area (Å²) in [5.74, 6) is 0.828. The second kappa shape index (κ2) is 7.80. The highest BCUT2D eigenvalue weighted by Crippen LogP contribution is 2.63.